The molecule has 0 bridgehead atoms. The molecule has 4 heteroatoms. The van der Waals surface area contributed by atoms with E-state index in [0.29, 0.717) is 0 Å². The second-order valence-corrected chi connectivity index (χ2v) is 6.27. The Kier molecular flexibility index (Phi) is 3.25. The molecule has 106 valence electrons. The number of nitriles is 1. The molecule has 0 aliphatic carbocycles. The van der Waals surface area contributed by atoms with Crippen LogP contribution in [0.1, 0.15) is 32.4 Å². The lowest BCUT2D eigenvalue weighted by Gasteiger charge is -2.56. The number of hydrogen-bond acceptors (Lipinski definition) is 3. The van der Waals surface area contributed by atoms with Gasteiger partial charge in [0.05, 0.1) is 19.2 Å². The summed E-state index contributed by atoms with van der Waals surface area (Å²) in [5.41, 5.74) is -0.518. The van der Waals surface area contributed by atoms with E-state index in [2.05, 4.69) is 6.07 Å². The first-order valence-electron chi connectivity index (χ1n) is 6.62. The maximum absolute atomic E-state index is 12.4. The second-order valence-electron chi connectivity index (χ2n) is 6.27. The van der Waals surface area contributed by atoms with Crippen molar-refractivity contribution in [2.75, 3.05) is 14.2 Å². The number of nitrogens with zero attached hydrogens (tertiary/aromatic N) is 2. The van der Waals surface area contributed by atoms with Crippen LogP contribution in [0.5, 0.6) is 5.75 Å². The van der Waals surface area contributed by atoms with Crippen molar-refractivity contribution in [2.45, 2.75) is 26.8 Å². The monoisotopic (exact) mass is 272 g/mol. The van der Waals surface area contributed by atoms with Crippen molar-refractivity contribution in [3.63, 3.8) is 0 Å². The predicted octanol–water partition coefficient (Wildman–Crippen LogP) is 2.76. The summed E-state index contributed by atoms with van der Waals surface area (Å²) in [6.45, 7) is 5.82. The van der Waals surface area contributed by atoms with Crippen LogP contribution >= 0.6 is 0 Å². The second kappa shape index (κ2) is 4.52. The van der Waals surface area contributed by atoms with Gasteiger partial charge < -0.3 is 9.64 Å². The minimum Gasteiger partial charge on any atom is -0.497 e. The minimum absolute atomic E-state index is 0.111. The maximum atomic E-state index is 12.4. The fourth-order valence-corrected chi connectivity index (χ4v) is 3.03. The quantitative estimate of drug-likeness (QED) is 0.778. The van der Waals surface area contributed by atoms with Gasteiger partial charge >= 0.3 is 0 Å². The largest absolute Gasteiger partial charge is 0.497 e. The molecule has 0 N–H and O–H groups in total. The highest BCUT2D eigenvalue weighted by Crippen LogP contribution is 2.58. The molecule has 0 radical (unpaired) electrons. The van der Waals surface area contributed by atoms with Gasteiger partial charge in [-0.3, -0.25) is 4.79 Å². The SMILES string of the molecule is COc1cccc([C@@H]2N(C)C(=O)[C@]2(C#N)C(C)(C)C)c1. The van der Waals surface area contributed by atoms with Crippen LogP contribution in [0.3, 0.4) is 0 Å². The zero-order chi connectivity index (χ0) is 15.1. The Bertz CT molecular complexity index is 583. The van der Waals surface area contributed by atoms with E-state index >= 15 is 0 Å². The van der Waals surface area contributed by atoms with Gasteiger partial charge in [0.15, 0.2) is 5.41 Å². The van der Waals surface area contributed by atoms with E-state index in [1.54, 1.807) is 19.1 Å². The first-order chi connectivity index (χ1) is 9.29. The molecule has 1 aliphatic rings. The van der Waals surface area contributed by atoms with E-state index in [1.165, 1.54) is 0 Å². The van der Waals surface area contributed by atoms with Gasteiger partial charge in [0.2, 0.25) is 5.91 Å². The topological polar surface area (TPSA) is 53.3 Å². The first kappa shape index (κ1) is 14.4. The van der Waals surface area contributed by atoms with Gasteiger partial charge in [0, 0.05) is 7.05 Å². The van der Waals surface area contributed by atoms with Crippen LogP contribution in [0.4, 0.5) is 0 Å². The van der Waals surface area contributed by atoms with Crippen LogP contribution in [0.2, 0.25) is 0 Å². The number of rotatable bonds is 2. The van der Waals surface area contributed by atoms with Crippen LogP contribution < -0.4 is 4.74 Å². The molecule has 1 saturated heterocycles. The first-order valence-corrected chi connectivity index (χ1v) is 6.62. The van der Waals surface area contributed by atoms with Crippen molar-refractivity contribution in [2.24, 2.45) is 10.8 Å². The third kappa shape index (κ3) is 1.70. The Morgan fingerprint density at radius 2 is 2.05 bits per heavy atom. The van der Waals surface area contributed by atoms with Gasteiger partial charge in [-0.15, -0.1) is 0 Å². The van der Waals surface area contributed by atoms with Gasteiger partial charge in [-0.2, -0.15) is 5.26 Å². The third-order valence-corrected chi connectivity index (χ3v) is 4.22. The van der Waals surface area contributed by atoms with E-state index in [-0.39, 0.29) is 11.9 Å². The zero-order valence-corrected chi connectivity index (χ0v) is 12.6. The molecule has 0 unspecified atom stereocenters. The molecule has 1 fully saturated rings. The summed E-state index contributed by atoms with van der Waals surface area (Å²) in [4.78, 5) is 14.0. The van der Waals surface area contributed by atoms with Gasteiger partial charge in [0.1, 0.15) is 5.75 Å². The zero-order valence-electron chi connectivity index (χ0n) is 12.6. The van der Waals surface area contributed by atoms with Gasteiger partial charge in [0.25, 0.3) is 0 Å². The molecule has 1 aliphatic heterocycles. The van der Waals surface area contributed by atoms with E-state index in [0.717, 1.165) is 11.3 Å². The highest BCUT2D eigenvalue weighted by Gasteiger charge is 2.66. The Morgan fingerprint density at radius 1 is 1.40 bits per heavy atom. The molecular weight excluding hydrogens is 252 g/mol. The number of carbonyl (C=O) groups excluding carboxylic acids is 1. The smallest absolute Gasteiger partial charge is 0.246 e. The van der Waals surface area contributed by atoms with Crippen molar-refractivity contribution in [3.05, 3.63) is 29.8 Å². The Balaban J connectivity index is 2.54. The highest BCUT2D eigenvalue weighted by atomic mass is 16.5. The predicted molar refractivity (Wildman–Crippen MR) is 76.0 cm³/mol. The summed E-state index contributed by atoms with van der Waals surface area (Å²) in [5.74, 6) is 0.622. The molecule has 1 heterocycles. The molecule has 20 heavy (non-hydrogen) atoms. The van der Waals surface area contributed by atoms with Gasteiger partial charge in [-0.25, -0.2) is 0 Å². The number of benzene rings is 1. The van der Waals surface area contributed by atoms with Crippen molar-refractivity contribution < 1.29 is 9.53 Å². The van der Waals surface area contributed by atoms with Crippen LogP contribution in [0.15, 0.2) is 24.3 Å². The van der Waals surface area contributed by atoms with Crippen molar-refractivity contribution in [3.8, 4) is 11.8 Å². The van der Waals surface area contributed by atoms with Crippen LogP contribution in [-0.2, 0) is 4.79 Å². The lowest BCUT2D eigenvalue weighted by molar-refractivity contribution is -0.174. The van der Waals surface area contributed by atoms with E-state index in [9.17, 15) is 10.1 Å². The molecule has 2 rings (SSSR count). The van der Waals surface area contributed by atoms with Crippen molar-refractivity contribution in [1.29, 1.82) is 5.26 Å². The number of methoxy groups -OCH3 is 1. The number of carbonyl (C=O) groups is 1. The summed E-state index contributed by atoms with van der Waals surface area (Å²) in [5, 5.41) is 9.69. The molecule has 1 amide bonds. The number of likely N-dealkylation sites (tertiary alicyclic amines) is 1. The normalized spacial score (nSPS) is 25.9. The summed E-state index contributed by atoms with van der Waals surface area (Å²) in [7, 11) is 3.35. The fourth-order valence-electron chi connectivity index (χ4n) is 3.03. The van der Waals surface area contributed by atoms with Crippen LogP contribution in [0, 0.1) is 22.2 Å². The standard InChI is InChI=1S/C16H20N2O2/c1-15(2,3)16(10-17)13(18(4)14(16)19)11-7-6-8-12(9-11)20-5/h6-9,13H,1-5H3/t13-,16+/m0/s1. The van der Waals surface area contributed by atoms with Gasteiger partial charge in [-0.05, 0) is 23.1 Å². The lowest BCUT2D eigenvalue weighted by Crippen LogP contribution is -2.66. The summed E-state index contributed by atoms with van der Waals surface area (Å²) < 4.78 is 5.24. The van der Waals surface area contributed by atoms with E-state index in [4.69, 9.17) is 4.74 Å². The number of β-lactam (4-membered cyclic amide) rings is 1. The Hall–Kier alpha value is -2.02. The summed E-state index contributed by atoms with van der Waals surface area (Å²) in [6, 6.07) is 9.62. The average molecular weight is 272 g/mol. The van der Waals surface area contributed by atoms with Crippen LogP contribution in [-0.4, -0.2) is 25.0 Å². The lowest BCUT2D eigenvalue weighted by atomic mass is 9.55. The van der Waals surface area contributed by atoms with Crippen molar-refractivity contribution >= 4 is 5.91 Å². The molecule has 1 aromatic rings. The Morgan fingerprint density at radius 3 is 2.55 bits per heavy atom. The van der Waals surface area contributed by atoms with Gasteiger partial charge in [-0.1, -0.05) is 32.9 Å². The minimum atomic E-state index is -1.02. The summed E-state index contributed by atoms with van der Waals surface area (Å²) >= 11 is 0. The number of hydrogen-bond donors (Lipinski definition) is 0. The molecule has 2 atom stereocenters. The number of ether oxygens (including phenoxy) is 1. The number of amides is 1. The van der Waals surface area contributed by atoms with Crippen LogP contribution in [0.25, 0.3) is 0 Å². The average Bonchev–Trinajstić information content (AvgIpc) is 2.41. The molecule has 4 nitrogen and oxygen atoms in total. The van der Waals surface area contributed by atoms with Crippen molar-refractivity contribution in [1.82, 2.24) is 4.90 Å². The molecular formula is C16H20N2O2. The maximum Gasteiger partial charge on any atom is 0.246 e. The molecule has 1 aromatic carbocycles. The van der Waals surface area contributed by atoms with E-state index in [1.807, 2.05) is 45.0 Å². The molecule has 0 spiro atoms. The highest BCUT2D eigenvalue weighted by molar-refractivity contribution is 5.94. The fraction of sp³-hybridized carbons (Fsp3) is 0.500. The third-order valence-electron chi connectivity index (χ3n) is 4.22. The molecule has 0 aromatic heterocycles. The Labute approximate surface area is 120 Å². The van der Waals surface area contributed by atoms with E-state index < -0.39 is 10.8 Å². The summed E-state index contributed by atoms with van der Waals surface area (Å²) in [6.07, 6.45) is 0. The molecule has 0 saturated carbocycles.